The zero-order valence-electron chi connectivity index (χ0n) is 15.7. The Hall–Kier alpha value is -1.44. The molecule has 2 N–H and O–H groups in total. The Bertz CT molecular complexity index is 795. The lowest BCUT2D eigenvalue weighted by Crippen LogP contribution is -2.45. The second-order valence-electron chi connectivity index (χ2n) is 8.00. The number of hydrogen-bond acceptors (Lipinski definition) is 4. The van der Waals surface area contributed by atoms with E-state index in [-0.39, 0.29) is 11.8 Å². The fraction of sp³-hybridized carbons (Fsp3) is 0.650. The summed E-state index contributed by atoms with van der Waals surface area (Å²) in [6.45, 7) is 2.53. The molecule has 2 fully saturated rings. The van der Waals surface area contributed by atoms with Gasteiger partial charge >= 0.3 is 0 Å². The first kappa shape index (κ1) is 18.9. The van der Waals surface area contributed by atoms with E-state index in [0.29, 0.717) is 43.4 Å². The smallest absolute Gasteiger partial charge is 0.243 e. The number of sulfonamides is 1. The van der Waals surface area contributed by atoms with Gasteiger partial charge in [-0.1, -0.05) is 6.07 Å². The Kier molecular flexibility index (Phi) is 5.53. The molecule has 3 aliphatic rings. The van der Waals surface area contributed by atoms with Gasteiger partial charge in [-0.3, -0.25) is 4.79 Å². The van der Waals surface area contributed by atoms with Gasteiger partial charge in [0.2, 0.25) is 15.9 Å². The SMILES string of the molecule is O=C(NCC1CCCN1)C1CCN(S(=O)(=O)c2ccc3c(c2)CCC3)CC1. The summed E-state index contributed by atoms with van der Waals surface area (Å²) in [7, 11) is -3.47. The van der Waals surface area contributed by atoms with E-state index < -0.39 is 10.0 Å². The number of amides is 1. The van der Waals surface area contributed by atoms with E-state index in [1.807, 2.05) is 12.1 Å². The van der Waals surface area contributed by atoms with Crippen molar-refractivity contribution < 1.29 is 13.2 Å². The predicted molar refractivity (Wildman–Crippen MR) is 104 cm³/mol. The van der Waals surface area contributed by atoms with Crippen LogP contribution in [0.1, 0.15) is 43.2 Å². The largest absolute Gasteiger partial charge is 0.354 e. The van der Waals surface area contributed by atoms with Crippen LogP contribution in [0.25, 0.3) is 0 Å². The highest BCUT2D eigenvalue weighted by Crippen LogP contribution is 2.28. The topological polar surface area (TPSA) is 78.5 Å². The number of hydrogen-bond donors (Lipinski definition) is 2. The molecule has 148 valence electrons. The summed E-state index contributed by atoms with van der Waals surface area (Å²) in [5, 5.41) is 6.41. The number of fused-ring (bicyclic) bond motifs is 1. The van der Waals surface area contributed by atoms with Gasteiger partial charge in [-0.2, -0.15) is 4.31 Å². The summed E-state index contributed by atoms with van der Waals surface area (Å²) in [5.41, 5.74) is 2.45. The van der Waals surface area contributed by atoms with E-state index in [1.54, 1.807) is 10.4 Å². The van der Waals surface area contributed by atoms with Gasteiger partial charge in [0, 0.05) is 31.6 Å². The van der Waals surface area contributed by atoms with E-state index in [4.69, 9.17) is 0 Å². The maximum absolute atomic E-state index is 13.0. The van der Waals surface area contributed by atoms with Gasteiger partial charge in [0.25, 0.3) is 0 Å². The Morgan fingerprint density at radius 1 is 1.11 bits per heavy atom. The first-order valence-electron chi connectivity index (χ1n) is 10.2. The van der Waals surface area contributed by atoms with Crippen LogP contribution in [-0.4, -0.2) is 50.9 Å². The number of rotatable bonds is 5. The van der Waals surface area contributed by atoms with Crippen molar-refractivity contribution in [1.29, 1.82) is 0 Å². The van der Waals surface area contributed by atoms with E-state index in [2.05, 4.69) is 10.6 Å². The van der Waals surface area contributed by atoms with Gasteiger partial charge < -0.3 is 10.6 Å². The monoisotopic (exact) mass is 391 g/mol. The van der Waals surface area contributed by atoms with Crippen LogP contribution >= 0.6 is 0 Å². The number of piperidine rings is 1. The molecular formula is C20H29N3O3S. The maximum atomic E-state index is 13.0. The summed E-state index contributed by atoms with van der Waals surface area (Å²) in [4.78, 5) is 12.8. The van der Waals surface area contributed by atoms with Gasteiger partial charge in [0.1, 0.15) is 0 Å². The Morgan fingerprint density at radius 2 is 1.89 bits per heavy atom. The highest BCUT2D eigenvalue weighted by Gasteiger charge is 2.32. The third kappa shape index (κ3) is 4.05. The molecule has 0 spiro atoms. The third-order valence-corrected chi connectivity index (χ3v) is 8.11. The van der Waals surface area contributed by atoms with Crippen molar-refractivity contribution in [3.63, 3.8) is 0 Å². The number of carbonyl (C=O) groups is 1. The molecule has 1 aromatic rings. The first-order valence-corrected chi connectivity index (χ1v) is 11.6. The molecule has 6 nitrogen and oxygen atoms in total. The Balaban J connectivity index is 1.33. The third-order valence-electron chi connectivity index (χ3n) is 6.22. The number of aryl methyl sites for hydroxylation is 2. The number of carbonyl (C=O) groups excluding carboxylic acids is 1. The molecule has 1 atom stereocenters. The summed E-state index contributed by atoms with van der Waals surface area (Å²) < 4.78 is 27.5. The molecule has 0 bridgehead atoms. The van der Waals surface area contributed by atoms with Crippen molar-refractivity contribution in [1.82, 2.24) is 14.9 Å². The van der Waals surface area contributed by atoms with Crippen molar-refractivity contribution in [2.24, 2.45) is 5.92 Å². The minimum absolute atomic E-state index is 0.0679. The lowest BCUT2D eigenvalue weighted by atomic mass is 9.97. The zero-order valence-corrected chi connectivity index (χ0v) is 16.6. The summed E-state index contributed by atoms with van der Waals surface area (Å²) in [6, 6.07) is 5.94. The molecule has 0 radical (unpaired) electrons. The van der Waals surface area contributed by atoms with Crippen molar-refractivity contribution >= 4 is 15.9 Å². The lowest BCUT2D eigenvalue weighted by molar-refractivity contribution is -0.126. The minimum Gasteiger partial charge on any atom is -0.354 e. The van der Waals surface area contributed by atoms with Gasteiger partial charge in [-0.05, 0) is 74.8 Å². The number of benzene rings is 1. The van der Waals surface area contributed by atoms with Crippen LogP contribution in [0.4, 0.5) is 0 Å². The lowest BCUT2D eigenvalue weighted by Gasteiger charge is -2.31. The first-order chi connectivity index (χ1) is 13.0. The van der Waals surface area contributed by atoms with Crippen LogP contribution in [0.5, 0.6) is 0 Å². The van der Waals surface area contributed by atoms with Crippen molar-refractivity contribution in [3.05, 3.63) is 29.3 Å². The van der Waals surface area contributed by atoms with Gasteiger partial charge in [-0.25, -0.2) is 8.42 Å². The van der Waals surface area contributed by atoms with Crippen LogP contribution < -0.4 is 10.6 Å². The van der Waals surface area contributed by atoms with Crippen LogP contribution in [0.3, 0.4) is 0 Å². The number of nitrogens with one attached hydrogen (secondary N) is 2. The van der Waals surface area contributed by atoms with Gasteiger partial charge in [0.15, 0.2) is 0 Å². The normalized spacial score (nSPS) is 24.1. The molecule has 4 rings (SSSR count). The standard InChI is InChI=1S/C20H29N3O3S/c24-20(22-14-18-5-2-10-21-18)16-8-11-23(12-9-16)27(25,26)19-7-6-15-3-1-4-17(15)13-19/h6-7,13,16,18,21H,1-5,8-12,14H2,(H,22,24). The van der Waals surface area contributed by atoms with E-state index in [0.717, 1.165) is 32.2 Å². The molecule has 1 unspecified atom stereocenters. The second-order valence-corrected chi connectivity index (χ2v) is 9.94. The average Bonchev–Trinajstić information content (AvgIpc) is 3.37. The highest BCUT2D eigenvalue weighted by atomic mass is 32.2. The van der Waals surface area contributed by atoms with Crippen LogP contribution in [-0.2, 0) is 27.7 Å². The molecule has 27 heavy (non-hydrogen) atoms. The van der Waals surface area contributed by atoms with Crippen molar-refractivity contribution in [3.8, 4) is 0 Å². The zero-order chi connectivity index (χ0) is 18.9. The molecule has 7 heteroatoms. The molecule has 1 aromatic carbocycles. The molecule has 1 amide bonds. The summed E-state index contributed by atoms with van der Waals surface area (Å²) >= 11 is 0. The molecular weight excluding hydrogens is 362 g/mol. The molecule has 0 saturated carbocycles. The van der Waals surface area contributed by atoms with Crippen molar-refractivity contribution in [2.75, 3.05) is 26.2 Å². The second kappa shape index (κ2) is 7.89. The molecule has 2 aliphatic heterocycles. The Labute approximate surface area is 161 Å². The summed E-state index contributed by atoms with van der Waals surface area (Å²) in [6.07, 6.45) is 6.58. The molecule has 2 heterocycles. The fourth-order valence-electron chi connectivity index (χ4n) is 4.52. The van der Waals surface area contributed by atoms with E-state index in [1.165, 1.54) is 17.5 Å². The average molecular weight is 392 g/mol. The van der Waals surface area contributed by atoms with E-state index in [9.17, 15) is 13.2 Å². The quantitative estimate of drug-likeness (QED) is 0.796. The van der Waals surface area contributed by atoms with Crippen LogP contribution in [0.2, 0.25) is 0 Å². The van der Waals surface area contributed by atoms with Crippen LogP contribution in [0.15, 0.2) is 23.1 Å². The summed E-state index contributed by atoms with van der Waals surface area (Å²) in [5.74, 6) is -0.0175. The minimum atomic E-state index is -3.47. The molecule has 1 aliphatic carbocycles. The molecule has 0 aromatic heterocycles. The van der Waals surface area contributed by atoms with E-state index >= 15 is 0 Å². The van der Waals surface area contributed by atoms with Gasteiger partial charge in [0.05, 0.1) is 4.90 Å². The van der Waals surface area contributed by atoms with Gasteiger partial charge in [-0.15, -0.1) is 0 Å². The maximum Gasteiger partial charge on any atom is 0.243 e. The fourth-order valence-corrected chi connectivity index (χ4v) is 6.04. The van der Waals surface area contributed by atoms with Crippen molar-refractivity contribution in [2.45, 2.75) is 55.9 Å². The number of nitrogens with zero attached hydrogens (tertiary/aromatic N) is 1. The molecule has 2 saturated heterocycles. The predicted octanol–water partition coefficient (Wildman–Crippen LogP) is 1.44. The van der Waals surface area contributed by atoms with Crippen LogP contribution in [0, 0.1) is 5.92 Å². The highest BCUT2D eigenvalue weighted by molar-refractivity contribution is 7.89. The Morgan fingerprint density at radius 3 is 2.63 bits per heavy atom.